The van der Waals surface area contributed by atoms with Gasteiger partial charge in [0.15, 0.2) is 0 Å². The minimum Gasteiger partial charge on any atom is -0.330 e. The number of aromatic amines is 1. The first kappa shape index (κ1) is 14.4. The first-order chi connectivity index (χ1) is 8.11. The van der Waals surface area contributed by atoms with Gasteiger partial charge in [0.2, 0.25) is 0 Å². The second kappa shape index (κ2) is 7.63. The molecule has 98 valence electrons. The number of nitrogens with one attached hydrogen (secondary N) is 2. The maximum atomic E-state index is 10.9. The molecular formula is C12H23N3OS. The van der Waals surface area contributed by atoms with Gasteiger partial charge in [0.05, 0.1) is 0 Å². The SMILES string of the molecule is CC(C)CC(CN)CCNCc1csc(=O)[nH]1. The molecule has 17 heavy (non-hydrogen) atoms. The van der Waals surface area contributed by atoms with E-state index in [1.54, 1.807) is 0 Å². The van der Waals surface area contributed by atoms with E-state index in [1.807, 2.05) is 5.38 Å². The van der Waals surface area contributed by atoms with Gasteiger partial charge in [0.1, 0.15) is 0 Å². The predicted octanol–water partition coefficient (Wildman–Crippen LogP) is 1.54. The van der Waals surface area contributed by atoms with Crippen LogP contribution in [0.4, 0.5) is 0 Å². The van der Waals surface area contributed by atoms with Crippen molar-refractivity contribution in [3.63, 3.8) is 0 Å². The van der Waals surface area contributed by atoms with Crippen molar-refractivity contribution < 1.29 is 0 Å². The summed E-state index contributed by atoms with van der Waals surface area (Å²) in [5.41, 5.74) is 6.71. The van der Waals surface area contributed by atoms with Crippen LogP contribution in [0.5, 0.6) is 0 Å². The fraction of sp³-hybridized carbons (Fsp3) is 0.750. The third-order valence-corrected chi connectivity index (χ3v) is 3.47. The number of hydrogen-bond donors (Lipinski definition) is 3. The number of H-pyrrole nitrogens is 1. The zero-order valence-corrected chi connectivity index (χ0v) is 11.5. The average molecular weight is 257 g/mol. The van der Waals surface area contributed by atoms with Crippen molar-refractivity contribution in [1.82, 2.24) is 10.3 Å². The average Bonchev–Trinajstić information content (AvgIpc) is 2.68. The first-order valence-electron chi connectivity index (χ1n) is 6.19. The summed E-state index contributed by atoms with van der Waals surface area (Å²) in [6.45, 7) is 6.90. The maximum Gasteiger partial charge on any atom is 0.304 e. The van der Waals surface area contributed by atoms with Crippen molar-refractivity contribution in [3.8, 4) is 0 Å². The van der Waals surface area contributed by atoms with Gasteiger partial charge in [-0.15, -0.1) is 0 Å². The summed E-state index contributed by atoms with van der Waals surface area (Å²) < 4.78 is 0. The molecule has 4 N–H and O–H groups in total. The number of rotatable bonds is 8. The van der Waals surface area contributed by atoms with Gasteiger partial charge in [0.25, 0.3) is 0 Å². The third kappa shape index (κ3) is 6.00. The summed E-state index contributed by atoms with van der Waals surface area (Å²) in [7, 11) is 0. The van der Waals surface area contributed by atoms with Crippen LogP contribution in [0, 0.1) is 11.8 Å². The molecule has 5 heteroatoms. The predicted molar refractivity (Wildman–Crippen MR) is 73.3 cm³/mol. The summed E-state index contributed by atoms with van der Waals surface area (Å²) in [4.78, 5) is 13.7. The van der Waals surface area contributed by atoms with E-state index in [4.69, 9.17) is 5.73 Å². The zero-order chi connectivity index (χ0) is 12.7. The van der Waals surface area contributed by atoms with E-state index in [1.165, 1.54) is 17.8 Å². The summed E-state index contributed by atoms with van der Waals surface area (Å²) in [6.07, 6.45) is 2.29. The highest BCUT2D eigenvalue weighted by molar-refractivity contribution is 7.07. The van der Waals surface area contributed by atoms with Crippen LogP contribution in [0.1, 0.15) is 32.4 Å². The Balaban J connectivity index is 2.16. The molecule has 0 aliphatic rings. The Morgan fingerprint density at radius 1 is 1.53 bits per heavy atom. The highest BCUT2D eigenvalue weighted by Crippen LogP contribution is 2.13. The van der Waals surface area contributed by atoms with Crippen LogP contribution < -0.4 is 15.9 Å². The standard InChI is InChI=1S/C12H23N3OS/c1-9(2)5-10(6-13)3-4-14-7-11-8-17-12(16)15-11/h8-10,14H,3-7,13H2,1-2H3,(H,15,16). The molecule has 1 aromatic heterocycles. The zero-order valence-electron chi connectivity index (χ0n) is 10.7. The minimum atomic E-state index is 0.0152. The van der Waals surface area contributed by atoms with E-state index >= 15 is 0 Å². The monoisotopic (exact) mass is 257 g/mol. The Morgan fingerprint density at radius 3 is 2.82 bits per heavy atom. The highest BCUT2D eigenvalue weighted by Gasteiger charge is 2.08. The van der Waals surface area contributed by atoms with E-state index < -0.39 is 0 Å². The number of nitrogens with two attached hydrogens (primary N) is 1. The Hall–Kier alpha value is -0.650. The lowest BCUT2D eigenvalue weighted by Crippen LogP contribution is -2.23. The van der Waals surface area contributed by atoms with Gasteiger partial charge in [-0.3, -0.25) is 4.79 Å². The smallest absolute Gasteiger partial charge is 0.304 e. The molecule has 1 atom stereocenters. The van der Waals surface area contributed by atoms with E-state index in [2.05, 4.69) is 24.1 Å². The van der Waals surface area contributed by atoms with E-state index in [-0.39, 0.29) is 4.87 Å². The lowest BCUT2D eigenvalue weighted by Gasteiger charge is -2.16. The Morgan fingerprint density at radius 2 is 2.29 bits per heavy atom. The van der Waals surface area contributed by atoms with Crippen LogP contribution in [0.15, 0.2) is 10.2 Å². The quantitative estimate of drug-likeness (QED) is 0.619. The minimum absolute atomic E-state index is 0.0152. The summed E-state index contributed by atoms with van der Waals surface area (Å²) >= 11 is 1.21. The number of aromatic nitrogens is 1. The van der Waals surface area contributed by atoms with Crippen LogP contribution >= 0.6 is 11.3 Å². The van der Waals surface area contributed by atoms with Crippen LogP contribution in [-0.4, -0.2) is 18.1 Å². The largest absolute Gasteiger partial charge is 0.330 e. The fourth-order valence-electron chi connectivity index (χ4n) is 1.93. The van der Waals surface area contributed by atoms with E-state index in [0.717, 1.165) is 31.7 Å². The molecule has 4 nitrogen and oxygen atoms in total. The molecule has 0 aromatic carbocycles. The van der Waals surface area contributed by atoms with Crippen molar-refractivity contribution in [2.45, 2.75) is 33.2 Å². The molecule has 0 spiro atoms. The van der Waals surface area contributed by atoms with Crippen LogP contribution in [0.3, 0.4) is 0 Å². The van der Waals surface area contributed by atoms with Gasteiger partial charge in [-0.2, -0.15) is 0 Å². The number of hydrogen-bond acceptors (Lipinski definition) is 4. The molecule has 1 unspecified atom stereocenters. The Labute approximate surface area is 107 Å². The molecule has 1 aromatic rings. The fourth-order valence-corrected chi connectivity index (χ4v) is 2.51. The topological polar surface area (TPSA) is 70.9 Å². The molecule has 0 saturated heterocycles. The summed E-state index contributed by atoms with van der Waals surface area (Å²) in [5.74, 6) is 1.31. The molecule has 0 bridgehead atoms. The lowest BCUT2D eigenvalue weighted by atomic mass is 9.94. The van der Waals surface area contributed by atoms with Crippen LogP contribution in [-0.2, 0) is 6.54 Å². The van der Waals surface area contributed by atoms with Gasteiger partial charge >= 0.3 is 4.87 Å². The summed E-state index contributed by atoms with van der Waals surface area (Å²) in [5, 5.41) is 5.20. The molecule has 1 rings (SSSR count). The van der Waals surface area contributed by atoms with Crippen molar-refractivity contribution >= 4 is 11.3 Å². The Kier molecular flexibility index (Phi) is 6.47. The van der Waals surface area contributed by atoms with Crippen molar-refractivity contribution in [3.05, 3.63) is 20.7 Å². The van der Waals surface area contributed by atoms with Crippen LogP contribution in [0.2, 0.25) is 0 Å². The Bertz CT molecular complexity index is 359. The maximum absolute atomic E-state index is 10.9. The second-order valence-corrected chi connectivity index (χ2v) is 5.71. The second-order valence-electron chi connectivity index (χ2n) is 4.87. The van der Waals surface area contributed by atoms with E-state index in [0.29, 0.717) is 11.8 Å². The lowest BCUT2D eigenvalue weighted by molar-refractivity contribution is 0.385. The molecular weight excluding hydrogens is 234 g/mol. The van der Waals surface area contributed by atoms with Crippen molar-refractivity contribution in [2.24, 2.45) is 17.6 Å². The molecule has 0 fully saturated rings. The highest BCUT2D eigenvalue weighted by atomic mass is 32.1. The van der Waals surface area contributed by atoms with Gasteiger partial charge in [-0.1, -0.05) is 25.2 Å². The van der Waals surface area contributed by atoms with Gasteiger partial charge in [-0.05, 0) is 37.8 Å². The third-order valence-electron chi connectivity index (χ3n) is 2.75. The normalized spacial score (nSPS) is 13.2. The molecule has 0 radical (unpaired) electrons. The molecule has 0 amide bonds. The van der Waals surface area contributed by atoms with Gasteiger partial charge in [-0.25, -0.2) is 0 Å². The molecule has 0 saturated carbocycles. The number of thiazole rings is 1. The van der Waals surface area contributed by atoms with Gasteiger partial charge in [0, 0.05) is 17.6 Å². The van der Waals surface area contributed by atoms with Crippen molar-refractivity contribution in [1.29, 1.82) is 0 Å². The van der Waals surface area contributed by atoms with Crippen molar-refractivity contribution in [2.75, 3.05) is 13.1 Å². The van der Waals surface area contributed by atoms with Crippen LogP contribution in [0.25, 0.3) is 0 Å². The molecule has 1 heterocycles. The summed E-state index contributed by atoms with van der Waals surface area (Å²) in [6, 6.07) is 0. The molecule has 0 aliphatic carbocycles. The van der Waals surface area contributed by atoms with E-state index in [9.17, 15) is 4.79 Å². The first-order valence-corrected chi connectivity index (χ1v) is 7.07. The molecule has 0 aliphatic heterocycles. The van der Waals surface area contributed by atoms with Gasteiger partial charge < -0.3 is 16.0 Å².